The first kappa shape index (κ1) is 21.1. The Balaban J connectivity index is 1.44. The van der Waals surface area contributed by atoms with Gasteiger partial charge < -0.3 is 19.4 Å². The van der Waals surface area contributed by atoms with Crippen molar-refractivity contribution in [2.75, 3.05) is 42.5 Å². The highest BCUT2D eigenvalue weighted by Crippen LogP contribution is 2.33. The van der Waals surface area contributed by atoms with Crippen molar-refractivity contribution in [1.29, 1.82) is 0 Å². The number of carbonyl (C=O) groups is 2. The number of piperazine rings is 1. The molecule has 2 aromatic rings. The molecule has 2 aliphatic rings. The standard InChI is InChI=1S/C23H29N5O3/c1-15(2)22-24-16(3)13-21(25-22)26-9-11-27(12-10-26)23(30)20-14-28(17(4)29)18-7-5-6-8-19(18)31-20/h5-8,13,15,20H,9-12,14H2,1-4H3. The lowest BCUT2D eigenvalue weighted by Crippen LogP contribution is -2.56. The summed E-state index contributed by atoms with van der Waals surface area (Å²) in [6.07, 6.45) is -0.695. The van der Waals surface area contributed by atoms with Crippen molar-refractivity contribution < 1.29 is 14.3 Å². The van der Waals surface area contributed by atoms with Crippen molar-refractivity contribution in [3.63, 3.8) is 0 Å². The van der Waals surface area contributed by atoms with Crippen molar-refractivity contribution in [2.24, 2.45) is 0 Å². The van der Waals surface area contributed by atoms with E-state index in [1.165, 1.54) is 6.92 Å². The minimum atomic E-state index is -0.695. The van der Waals surface area contributed by atoms with Crippen LogP contribution in [0.2, 0.25) is 0 Å². The molecule has 1 fully saturated rings. The second-order valence-corrected chi connectivity index (χ2v) is 8.40. The van der Waals surface area contributed by atoms with Gasteiger partial charge in [-0.25, -0.2) is 9.97 Å². The monoisotopic (exact) mass is 423 g/mol. The second-order valence-electron chi connectivity index (χ2n) is 8.40. The first-order valence-corrected chi connectivity index (χ1v) is 10.8. The number of anilines is 2. The van der Waals surface area contributed by atoms with Gasteiger partial charge in [0.25, 0.3) is 5.91 Å². The van der Waals surface area contributed by atoms with E-state index in [9.17, 15) is 9.59 Å². The normalized spacial score (nSPS) is 18.6. The number of amides is 2. The molecule has 0 aliphatic carbocycles. The molecule has 8 heteroatoms. The van der Waals surface area contributed by atoms with Crippen LogP contribution in [0.3, 0.4) is 0 Å². The number of hydrogen-bond acceptors (Lipinski definition) is 6. The summed E-state index contributed by atoms with van der Waals surface area (Å²) in [4.78, 5) is 40.2. The van der Waals surface area contributed by atoms with Crippen molar-refractivity contribution >= 4 is 23.3 Å². The quantitative estimate of drug-likeness (QED) is 0.754. The molecule has 2 amide bonds. The zero-order valence-electron chi connectivity index (χ0n) is 18.5. The summed E-state index contributed by atoms with van der Waals surface area (Å²) in [5.41, 5.74) is 1.66. The van der Waals surface area contributed by atoms with E-state index in [1.807, 2.05) is 36.1 Å². The molecule has 0 saturated carbocycles. The summed E-state index contributed by atoms with van der Waals surface area (Å²) in [6.45, 7) is 10.4. The lowest BCUT2D eigenvalue weighted by Gasteiger charge is -2.39. The summed E-state index contributed by atoms with van der Waals surface area (Å²) in [6, 6.07) is 9.34. The van der Waals surface area contributed by atoms with Gasteiger partial charge in [0.05, 0.1) is 12.2 Å². The third-order valence-corrected chi connectivity index (χ3v) is 5.72. The largest absolute Gasteiger partial charge is 0.476 e. The molecule has 1 unspecified atom stereocenters. The van der Waals surface area contributed by atoms with E-state index >= 15 is 0 Å². The van der Waals surface area contributed by atoms with Crippen LogP contribution in [-0.4, -0.2) is 65.5 Å². The highest BCUT2D eigenvalue weighted by atomic mass is 16.5. The fourth-order valence-electron chi connectivity index (χ4n) is 4.02. The lowest BCUT2D eigenvalue weighted by atomic mass is 10.1. The van der Waals surface area contributed by atoms with Gasteiger partial charge in [0.15, 0.2) is 6.10 Å². The molecule has 1 saturated heterocycles. The summed E-state index contributed by atoms with van der Waals surface area (Å²) in [5, 5.41) is 0. The fourth-order valence-corrected chi connectivity index (χ4v) is 4.02. The molecular formula is C23H29N5O3. The summed E-state index contributed by atoms with van der Waals surface area (Å²) < 4.78 is 5.98. The van der Waals surface area contributed by atoms with E-state index in [0.29, 0.717) is 37.6 Å². The number of aromatic nitrogens is 2. The van der Waals surface area contributed by atoms with Crippen LogP contribution in [0.15, 0.2) is 30.3 Å². The van der Waals surface area contributed by atoms with Gasteiger partial charge >= 0.3 is 0 Å². The first-order chi connectivity index (χ1) is 14.8. The minimum absolute atomic E-state index is 0.0814. The van der Waals surface area contributed by atoms with E-state index in [-0.39, 0.29) is 24.3 Å². The van der Waals surface area contributed by atoms with Crippen LogP contribution in [-0.2, 0) is 9.59 Å². The highest BCUT2D eigenvalue weighted by molar-refractivity contribution is 5.95. The van der Waals surface area contributed by atoms with Gasteiger partial charge in [-0.2, -0.15) is 0 Å². The SMILES string of the molecule is CC(=O)N1CC(C(=O)N2CCN(c3cc(C)nc(C(C)C)n3)CC2)Oc2ccccc21. The van der Waals surface area contributed by atoms with E-state index < -0.39 is 6.10 Å². The summed E-state index contributed by atoms with van der Waals surface area (Å²) >= 11 is 0. The Kier molecular flexibility index (Phi) is 5.80. The number of para-hydroxylation sites is 2. The van der Waals surface area contributed by atoms with Gasteiger partial charge in [0.2, 0.25) is 5.91 Å². The Morgan fingerprint density at radius 1 is 1.10 bits per heavy atom. The number of hydrogen-bond donors (Lipinski definition) is 0. The molecular weight excluding hydrogens is 394 g/mol. The number of aryl methyl sites for hydroxylation is 1. The number of benzene rings is 1. The average Bonchev–Trinajstić information content (AvgIpc) is 2.77. The van der Waals surface area contributed by atoms with Crippen LogP contribution in [0.25, 0.3) is 0 Å². The van der Waals surface area contributed by atoms with Crippen molar-refractivity contribution in [2.45, 2.75) is 39.7 Å². The Morgan fingerprint density at radius 2 is 1.81 bits per heavy atom. The van der Waals surface area contributed by atoms with Gasteiger partial charge in [-0.15, -0.1) is 0 Å². The van der Waals surface area contributed by atoms with E-state index in [1.54, 1.807) is 11.0 Å². The molecule has 2 aliphatic heterocycles. The molecule has 4 rings (SSSR count). The molecule has 31 heavy (non-hydrogen) atoms. The third kappa shape index (κ3) is 4.33. The smallest absolute Gasteiger partial charge is 0.265 e. The lowest BCUT2D eigenvalue weighted by molar-refractivity contribution is -0.139. The van der Waals surface area contributed by atoms with Gasteiger partial charge in [0, 0.05) is 50.8 Å². The van der Waals surface area contributed by atoms with Gasteiger partial charge in [-0.05, 0) is 19.1 Å². The first-order valence-electron chi connectivity index (χ1n) is 10.8. The molecule has 0 bridgehead atoms. The number of ether oxygens (including phenoxy) is 1. The molecule has 0 spiro atoms. The van der Waals surface area contributed by atoms with Crippen LogP contribution >= 0.6 is 0 Å². The van der Waals surface area contributed by atoms with Crippen LogP contribution in [0.5, 0.6) is 5.75 Å². The number of nitrogens with zero attached hydrogens (tertiary/aromatic N) is 5. The predicted octanol–water partition coefficient (Wildman–Crippen LogP) is 2.37. The van der Waals surface area contributed by atoms with E-state index in [2.05, 4.69) is 23.7 Å². The molecule has 1 aromatic carbocycles. The summed E-state index contributed by atoms with van der Waals surface area (Å²) in [5.74, 6) is 2.40. The van der Waals surface area contributed by atoms with Crippen molar-refractivity contribution in [3.05, 3.63) is 41.9 Å². The Labute approximate surface area is 182 Å². The number of fused-ring (bicyclic) bond motifs is 1. The maximum absolute atomic E-state index is 13.2. The van der Waals surface area contributed by atoms with Crippen LogP contribution in [0.4, 0.5) is 11.5 Å². The van der Waals surface area contributed by atoms with Crippen LogP contribution in [0.1, 0.15) is 38.2 Å². The third-order valence-electron chi connectivity index (χ3n) is 5.72. The molecule has 3 heterocycles. The molecule has 0 N–H and O–H groups in total. The zero-order valence-corrected chi connectivity index (χ0v) is 18.5. The maximum Gasteiger partial charge on any atom is 0.265 e. The molecule has 164 valence electrons. The van der Waals surface area contributed by atoms with Crippen LogP contribution < -0.4 is 14.5 Å². The topological polar surface area (TPSA) is 78.9 Å². The minimum Gasteiger partial charge on any atom is -0.476 e. The molecule has 0 radical (unpaired) electrons. The van der Waals surface area contributed by atoms with Gasteiger partial charge in [0.1, 0.15) is 17.4 Å². The Morgan fingerprint density at radius 3 is 2.48 bits per heavy atom. The molecule has 8 nitrogen and oxygen atoms in total. The Bertz CT molecular complexity index is 985. The molecule has 1 atom stereocenters. The van der Waals surface area contributed by atoms with Crippen LogP contribution in [0, 0.1) is 6.92 Å². The predicted molar refractivity (Wildman–Crippen MR) is 119 cm³/mol. The summed E-state index contributed by atoms with van der Waals surface area (Å²) in [7, 11) is 0. The number of carbonyl (C=O) groups excluding carboxylic acids is 2. The van der Waals surface area contributed by atoms with Crippen molar-refractivity contribution in [1.82, 2.24) is 14.9 Å². The second kappa shape index (κ2) is 8.53. The van der Waals surface area contributed by atoms with E-state index in [4.69, 9.17) is 9.72 Å². The zero-order chi connectivity index (χ0) is 22.1. The molecule has 1 aromatic heterocycles. The number of rotatable bonds is 3. The fraction of sp³-hybridized carbons (Fsp3) is 0.478. The van der Waals surface area contributed by atoms with Gasteiger partial charge in [-0.3, -0.25) is 9.59 Å². The van der Waals surface area contributed by atoms with Gasteiger partial charge in [-0.1, -0.05) is 26.0 Å². The maximum atomic E-state index is 13.2. The average molecular weight is 424 g/mol. The highest BCUT2D eigenvalue weighted by Gasteiger charge is 2.36. The Hall–Kier alpha value is -3.16. The van der Waals surface area contributed by atoms with Crippen molar-refractivity contribution in [3.8, 4) is 5.75 Å². The van der Waals surface area contributed by atoms with E-state index in [0.717, 1.165) is 17.3 Å².